The van der Waals surface area contributed by atoms with E-state index < -0.39 is 17.4 Å². The SMILES string of the molecule is Cc1ccccc1-c1cc(=O)oc2cc(C(=O)NCC(N)=O)ccc12. The first-order chi connectivity index (χ1) is 12.0. The molecule has 25 heavy (non-hydrogen) atoms. The van der Waals surface area contributed by atoms with Gasteiger partial charge in [-0.15, -0.1) is 0 Å². The lowest BCUT2D eigenvalue weighted by Gasteiger charge is -2.09. The molecule has 0 unspecified atom stereocenters. The number of primary amides is 1. The van der Waals surface area contributed by atoms with Crippen LogP contribution in [0.2, 0.25) is 0 Å². The van der Waals surface area contributed by atoms with Gasteiger partial charge in [-0.3, -0.25) is 9.59 Å². The summed E-state index contributed by atoms with van der Waals surface area (Å²) < 4.78 is 5.25. The molecule has 126 valence electrons. The molecule has 0 aliphatic rings. The van der Waals surface area contributed by atoms with Crippen LogP contribution >= 0.6 is 0 Å². The summed E-state index contributed by atoms with van der Waals surface area (Å²) in [6.45, 7) is 1.70. The molecule has 0 fully saturated rings. The fourth-order valence-corrected chi connectivity index (χ4v) is 2.67. The predicted octanol–water partition coefficient (Wildman–Crippen LogP) is 1.98. The number of benzene rings is 2. The van der Waals surface area contributed by atoms with Gasteiger partial charge in [0.05, 0.1) is 6.54 Å². The number of nitrogens with two attached hydrogens (primary N) is 1. The Balaban J connectivity index is 2.10. The number of aryl methyl sites for hydroxylation is 1. The van der Waals surface area contributed by atoms with Gasteiger partial charge >= 0.3 is 5.63 Å². The van der Waals surface area contributed by atoms with Crippen LogP contribution in [0.3, 0.4) is 0 Å². The van der Waals surface area contributed by atoms with E-state index in [1.54, 1.807) is 12.1 Å². The van der Waals surface area contributed by atoms with Gasteiger partial charge in [-0.1, -0.05) is 24.3 Å². The summed E-state index contributed by atoms with van der Waals surface area (Å²) in [6, 6.07) is 14.0. The zero-order valence-corrected chi connectivity index (χ0v) is 13.5. The third kappa shape index (κ3) is 3.42. The number of amides is 2. The Bertz CT molecular complexity index is 1040. The monoisotopic (exact) mass is 336 g/mol. The second-order valence-corrected chi connectivity index (χ2v) is 5.65. The molecule has 0 aliphatic carbocycles. The average molecular weight is 336 g/mol. The van der Waals surface area contributed by atoms with E-state index in [1.165, 1.54) is 12.1 Å². The summed E-state index contributed by atoms with van der Waals surface area (Å²) in [5.41, 5.74) is 7.79. The fourth-order valence-electron chi connectivity index (χ4n) is 2.67. The van der Waals surface area contributed by atoms with E-state index in [-0.39, 0.29) is 12.1 Å². The van der Waals surface area contributed by atoms with Gasteiger partial charge in [-0.2, -0.15) is 0 Å². The van der Waals surface area contributed by atoms with Crippen molar-refractivity contribution in [3.05, 3.63) is 70.1 Å². The first-order valence-corrected chi connectivity index (χ1v) is 7.66. The number of rotatable bonds is 4. The minimum Gasteiger partial charge on any atom is -0.423 e. The Morgan fingerprint density at radius 3 is 2.56 bits per heavy atom. The van der Waals surface area contributed by atoms with Crippen molar-refractivity contribution >= 4 is 22.8 Å². The Morgan fingerprint density at radius 1 is 1.08 bits per heavy atom. The molecule has 3 rings (SSSR count). The van der Waals surface area contributed by atoms with Crippen molar-refractivity contribution in [1.82, 2.24) is 5.32 Å². The molecule has 2 amide bonds. The number of hydrogen-bond acceptors (Lipinski definition) is 4. The molecule has 3 aromatic rings. The van der Waals surface area contributed by atoms with E-state index >= 15 is 0 Å². The Hall–Kier alpha value is -3.41. The van der Waals surface area contributed by atoms with Gasteiger partial charge in [0.15, 0.2) is 0 Å². The average Bonchev–Trinajstić information content (AvgIpc) is 2.58. The standard InChI is InChI=1S/C19H16N2O4/c1-11-4-2-3-5-13(11)15-9-18(23)25-16-8-12(6-7-14(15)16)19(24)21-10-17(20)22/h2-9H,10H2,1H3,(H2,20,22)(H,21,24). The maximum absolute atomic E-state index is 12.0. The van der Waals surface area contributed by atoms with E-state index in [9.17, 15) is 14.4 Å². The van der Waals surface area contributed by atoms with Gasteiger partial charge in [-0.25, -0.2) is 4.79 Å². The molecule has 0 bridgehead atoms. The van der Waals surface area contributed by atoms with Crippen molar-refractivity contribution in [2.45, 2.75) is 6.92 Å². The smallest absolute Gasteiger partial charge is 0.336 e. The fraction of sp³-hybridized carbons (Fsp3) is 0.105. The van der Waals surface area contributed by atoms with Crippen molar-refractivity contribution in [3.63, 3.8) is 0 Å². The van der Waals surface area contributed by atoms with Gasteiger partial charge in [0, 0.05) is 22.6 Å². The number of hydrogen-bond donors (Lipinski definition) is 2. The van der Waals surface area contributed by atoms with Crippen LogP contribution in [0.15, 0.2) is 57.7 Å². The van der Waals surface area contributed by atoms with Crippen LogP contribution in [-0.2, 0) is 4.79 Å². The quantitative estimate of drug-likeness (QED) is 0.711. The topological polar surface area (TPSA) is 102 Å². The lowest BCUT2D eigenvalue weighted by atomic mass is 9.97. The number of nitrogens with one attached hydrogen (secondary N) is 1. The molecule has 6 nitrogen and oxygen atoms in total. The van der Waals surface area contributed by atoms with E-state index in [2.05, 4.69) is 5.32 Å². The highest BCUT2D eigenvalue weighted by atomic mass is 16.4. The van der Waals surface area contributed by atoms with Crippen LogP contribution in [0, 0.1) is 6.92 Å². The van der Waals surface area contributed by atoms with Crippen molar-refractivity contribution in [2.24, 2.45) is 5.73 Å². The van der Waals surface area contributed by atoms with Gasteiger partial charge in [0.2, 0.25) is 5.91 Å². The summed E-state index contributed by atoms with van der Waals surface area (Å²) >= 11 is 0. The molecule has 0 radical (unpaired) electrons. The molecular formula is C19H16N2O4. The Labute approximate surface area is 143 Å². The molecule has 6 heteroatoms. The van der Waals surface area contributed by atoms with Gasteiger partial charge in [0.25, 0.3) is 5.91 Å². The number of carbonyl (C=O) groups is 2. The zero-order chi connectivity index (χ0) is 18.0. The lowest BCUT2D eigenvalue weighted by molar-refractivity contribution is -0.117. The highest BCUT2D eigenvalue weighted by molar-refractivity contribution is 6.01. The minimum absolute atomic E-state index is 0.260. The molecule has 3 N–H and O–H groups in total. The maximum Gasteiger partial charge on any atom is 0.336 e. The van der Waals surface area contributed by atoms with Crippen LogP contribution in [0.5, 0.6) is 0 Å². The van der Waals surface area contributed by atoms with Gasteiger partial charge in [0.1, 0.15) is 5.58 Å². The van der Waals surface area contributed by atoms with Crippen molar-refractivity contribution in [1.29, 1.82) is 0 Å². The second-order valence-electron chi connectivity index (χ2n) is 5.65. The van der Waals surface area contributed by atoms with Crippen molar-refractivity contribution in [2.75, 3.05) is 6.54 Å². The minimum atomic E-state index is -0.637. The molecule has 1 aromatic heterocycles. The van der Waals surface area contributed by atoms with Crippen LogP contribution in [-0.4, -0.2) is 18.4 Å². The van der Waals surface area contributed by atoms with Crippen LogP contribution in [0.1, 0.15) is 15.9 Å². The summed E-state index contributed by atoms with van der Waals surface area (Å²) in [6.07, 6.45) is 0. The van der Waals surface area contributed by atoms with Crippen molar-refractivity contribution in [3.8, 4) is 11.1 Å². The lowest BCUT2D eigenvalue weighted by Crippen LogP contribution is -2.33. The summed E-state index contributed by atoms with van der Waals surface area (Å²) in [5, 5.41) is 3.12. The van der Waals surface area contributed by atoms with E-state index in [1.807, 2.05) is 31.2 Å². The molecule has 0 spiro atoms. The third-order valence-electron chi connectivity index (χ3n) is 3.87. The second kappa shape index (κ2) is 6.60. The van der Waals surface area contributed by atoms with Crippen LogP contribution < -0.4 is 16.7 Å². The van der Waals surface area contributed by atoms with Gasteiger partial charge < -0.3 is 15.5 Å². The first kappa shape index (κ1) is 16.4. The normalized spacial score (nSPS) is 10.6. The number of fused-ring (bicyclic) bond motifs is 1. The first-order valence-electron chi connectivity index (χ1n) is 7.66. The van der Waals surface area contributed by atoms with E-state index in [0.717, 1.165) is 22.1 Å². The highest BCUT2D eigenvalue weighted by Gasteiger charge is 2.13. The van der Waals surface area contributed by atoms with Gasteiger partial charge in [-0.05, 0) is 36.2 Å². The summed E-state index contributed by atoms with van der Waals surface area (Å²) in [4.78, 5) is 34.8. The van der Waals surface area contributed by atoms with Crippen LogP contribution in [0.25, 0.3) is 22.1 Å². The Kier molecular flexibility index (Phi) is 4.35. The molecular weight excluding hydrogens is 320 g/mol. The summed E-state index contributed by atoms with van der Waals surface area (Å²) in [5.74, 6) is -1.10. The van der Waals surface area contributed by atoms with E-state index in [0.29, 0.717) is 5.58 Å². The largest absolute Gasteiger partial charge is 0.423 e. The van der Waals surface area contributed by atoms with Crippen LogP contribution in [0.4, 0.5) is 0 Å². The zero-order valence-electron chi connectivity index (χ0n) is 13.5. The number of carbonyl (C=O) groups excluding carboxylic acids is 2. The molecule has 0 saturated carbocycles. The Morgan fingerprint density at radius 2 is 1.84 bits per heavy atom. The molecule has 1 heterocycles. The van der Waals surface area contributed by atoms with E-state index in [4.69, 9.17) is 10.2 Å². The van der Waals surface area contributed by atoms with Crippen molar-refractivity contribution < 1.29 is 14.0 Å². The maximum atomic E-state index is 12.0. The predicted molar refractivity (Wildman–Crippen MR) is 94.2 cm³/mol. The third-order valence-corrected chi connectivity index (χ3v) is 3.87. The highest BCUT2D eigenvalue weighted by Crippen LogP contribution is 2.30. The molecule has 2 aromatic carbocycles. The molecule has 0 saturated heterocycles. The molecule has 0 aliphatic heterocycles. The molecule has 0 atom stereocenters. The summed E-state index contributed by atoms with van der Waals surface area (Å²) in [7, 11) is 0.